The van der Waals surface area contributed by atoms with Crippen LogP contribution in [0, 0.1) is 5.41 Å². The predicted octanol–water partition coefficient (Wildman–Crippen LogP) is 3.34. The van der Waals surface area contributed by atoms with Crippen molar-refractivity contribution >= 4 is 17.0 Å². The van der Waals surface area contributed by atoms with Crippen molar-refractivity contribution in [2.24, 2.45) is 5.41 Å². The van der Waals surface area contributed by atoms with E-state index in [1.807, 2.05) is 12.1 Å². The zero-order chi connectivity index (χ0) is 14.2. The number of carboxylic acid groups (broad SMARTS) is 1. The molecule has 2 N–H and O–H groups in total. The Hall–Kier alpha value is -1.84. The van der Waals surface area contributed by atoms with Crippen molar-refractivity contribution in [2.75, 3.05) is 0 Å². The number of fused-ring (bicyclic) bond motifs is 1. The van der Waals surface area contributed by atoms with E-state index in [-0.39, 0.29) is 0 Å². The Labute approximate surface area is 112 Å². The fourth-order valence-electron chi connectivity index (χ4n) is 2.15. The Kier molecular flexibility index (Phi) is 3.35. The van der Waals surface area contributed by atoms with Crippen LogP contribution in [0.2, 0.25) is 0 Å². The van der Waals surface area contributed by atoms with Crippen LogP contribution in [0.25, 0.3) is 11.0 Å². The van der Waals surface area contributed by atoms with Gasteiger partial charge in [-0.1, -0.05) is 26.0 Å². The number of imidazole rings is 1. The van der Waals surface area contributed by atoms with E-state index in [1.165, 1.54) is 5.56 Å². The minimum atomic E-state index is -0.814. The van der Waals surface area contributed by atoms with Crippen LogP contribution in [0.3, 0.4) is 0 Å². The van der Waals surface area contributed by atoms with Gasteiger partial charge in [0.15, 0.2) is 0 Å². The van der Waals surface area contributed by atoms with Gasteiger partial charge in [-0.25, -0.2) is 4.98 Å². The number of hydrogen-bond donors (Lipinski definition) is 2. The van der Waals surface area contributed by atoms with Gasteiger partial charge in [0.25, 0.3) is 0 Å². The average molecular weight is 260 g/mol. The maximum atomic E-state index is 11.2. The molecule has 0 aliphatic rings. The van der Waals surface area contributed by atoms with Crippen molar-refractivity contribution in [1.82, 2.24) is 9.97 Å². The molecular formula is C15H20N2O2. The van der Waals surface area contributed by atoms with Gasteiger partial charge in [-0.3, -0.25) is 4.79 Å². The van der Waals surface area contributed by atoms with E-state index in [0.717, 1.165) is 16.9 Å². The maximum absolute atomic E-state index is 11.2. The minimum absolute atomic E-state index is 0.396. The number of benzene rings is 1. The number of aromatic amines is 1. The molecule has 2 rings (SSSR count). The van der Waals surface area contributed by atoms with Gasteiger partial charge in [0.1, 0.15) is 5.82 Å². The number of carbonyl (C=O) groups is 1. The van der Waals surface area contributed by atoms with Crippen LogP contribution in [0.4, 0.5) is 0 Å². The summed E-state index contributed by atoms with van der Waals surface area (Å²) in [5.74, 6) is 0.319. The molecule has 1 aromatic carbocycles. The van der Waals surface area contributed by atoms with Crippen molar-refractivity contribution in [3.63, 3.8) is 0 Å². The van der Waals surface area contributed by atoms with E-state index in [0.29, 0.717) is 12.3 Å². The van der Waals surface area contributed by atoms with Gasteiger partial charge in [0, 0.05) is 6.42 Å². The molecule has 0 saturated carbocycles. The van der Waals surface area contributed by atoms with Crippen LogP contribution in [-0.4, -0.2) is 21.0 Å². The first-order chi connectivity index (χ1) is 8.81. The lowest BCUT2D eigenvalue weighted by molar-refractivity contribution is -0.146. The molecule has 0 aliphatic heterocycles. The van der Waals surface area contributed by atoms with Gasteiger partial charge < -0.3 is 10.1 Å². The van der Waals surface area contributed by atoms with Crippen LogP contribution < -0.4 is 0 Å². The zero-order valence-electron chi connectivity index (χ0n) is 11.8. The second kappa shape index (κ2) is 4.68. The highest BCUT2D eigenvalue weighted by Crippen LogP contribution is 2.26. The average Bonchev–Trinajstić information content (AvgIpc) is 2.69. The summed E-state index contributed by atoms with van der Waals surface area (Å²) < 4.78 is 0. The number of H-pyrrole nitrogens is 1. The predicted molar refractivity (Wildman–Crippen MR) is 75.3 cm³/mol. The maximum Gasteiger partial charge on any atom is 0.309 e. The standard InChI is InChI=1S/C15H20N2O2/c1-9(2)10-6-5-7-11-13(10)17-12(16-11)8-15(3,4)14(18)19/h5-7,9H,8H2,1-4H3,(H,16,17)(H,18,19). The number of rotatable bonds is 4. The molecule has 4 heteroatoms. The SMILES string of the molecule is CC(C)c1cccc2[nH]c(CC(C)(C)C(=O)O)nc12. The number of nitrogens with one attached hydrogen (secondary N) is 1. The lowest BCUT2D eigenvalue weighted by Crippen LogP contribution is -2.26. The summed E-state index contributed by atoms with van der Waals surface area (Å²) in [5, 5.41) is 9.18. The van der Waals surface area contributed by atoms with E-state index >= 15 is 0 Å². The lowest BCUT2D eigenvalue weighted by Gasteiger charge is -2.16. The third kappa shape index (κ3) is 2.62. The molecule has 0 spiro atoms. The zero-order valence-corrected chi connectivity index (χ0v) is 11.8. The number of hydrogen-bond acceptors (Lipinski definition) is 2. The van der Waals surface area contributed by atoms with E-state index in [1.54, 1.807) is 13.8 Å². The van der Waals surface area contributed by atoms with E-state index < -0.39 is 11.4 Å². The second-order valence-corrected chi connectivity index (χ2v) is 5.95. The third-order valence-corrected chi connectivity index (χ3v) is 3.40. The summed E-state index contributed by atoms with van der Waals surface area (Å²) in [5.41, 5.74) is 2.30. The fraction of sp³-hybridized carbons (Fsp3) is 0.467. The first-order valence-corrected chi connectivity index (χ1v) is 6.52. The molecule has 0 saturated heterocycles. The summed E-state index contributed by atoms with van der Waals surface area (Å²) in [4.78, 5) is 19.0. The van der Waals surface area contributed by atoms with Gasteiger partial charge in [-0.15, -0.1) is 0 Å². The van der Waals surface area contributed by atoms with Crippen LogP contribution in [0.15, 0.2) is 18.2 Å². The largest absolute Gasteiger partial charge is 0.481 e. The normalized spacial score (nSPS) is 12.3. The molecule has 1 aromatic heterocycles. The highest BCUT2D eigenvalue weighted by molar-refractivity contribution is 5.80. The molecule has 0 amide bonds. The Balaban J connectivity index is 2.42. The van der Waals surface area contributed by atoms with Crippen LogP contribution in [0.1, 0.15) is 45.0 Å². The molecule has 0 unspecified atom stereocenters. The van der Waals surface area contributed by atoms with Crippen LogP contribution in [-0.2, 0) is 11.2 Å². The quantitative estimate of drug-likeness (QED) is 0.886. The fourth-order valence-corrected chi connectivity index (χ4v) is 2.15. The van der Waals surface area contributed by atoms with Crippen molar-refractivity contribution < 1.29 is 9.90 Å². The van der Waals surface area contributed by atoms with E-state index in [4.69, 9.17) is 0 Å². The second-order valence-electron chi connectivity index (χ2n) is 5.95. The number of aromatic nitrogens is 2. The van der Waals surface area contributed by atoms with Gasteiger partial charge in [0.05, 0.1) is 16.4 Å². The molecule has 0 aliphatic carbocycles. The Morgan fingerprint density at radius 3 is 2.68 bits per heavy atom. The third-order valence-electron chi connectivity index (χ3n) is 3.40. The molecule has 4 nitrogen and oxygen atoms in total. The number of nitrogens with zero attached hydrogens (tertiary/aromatic N) is 1. The number of para-hydroxylation sites is 1. The van der Waals surface area contributed by atoms with Gasteiger partial charge in [0.2, 0.25) is 0 Å². The topological polar surface area (TPSA) is 66.0 Å². The Morgan fingerprint density at radius 1 is 1.42 bits per heavy atom. The summed E-state index contributed by atoms with van der Waals surface area (Å²) in [7, 11) is 0. The molecule has 0 fully saturated rings. The molecule has 2 aromatic rings. The molecule has 1 heterocycles. The Morgan fingerprint density at radius 2 is 2.11 bits per heavy atom. The lowest BCUT2D eigenvalue weighted by atomic mass is 9.89. The summed E-state index contributed by atoms with van der Waals surface area (Å²) in [6.45, 7) is 7.69. The van der Waals surface area contributed by atoms with Gasteiger partial charge in [-0.2, -0.15) is 0 Å². The Bertz CT molecular complexity index is 612. The van der Waals surface area contributed by atoms with Crippen molar-refractivity contribution in [1.29, 1.82) is 0 Å². The summed E-state index contributed by atoms with van der Waals surface area (Å²) >= 11 is 0. The highest BCUT2D eigenvalue weighted by atomic mass is 16.4. The van der Waals surface area contributed by atoms with E-state index in [9.17, 15) is 9.90 Å². The highest BCUT2D eigenvalue weighted by Gasteiger charge is 2.29. The number of carboxylic acids is 1. The van der Waals surface area contributed by atoms with Crippen molar-refractivity contribution in [2.45, 2.75) is 40.0 Å². The minimum Gasteiger partial charge on any atom is -0.481 e. The number of aliphatic carboxylic acids is 1. The molecule has 0 bridgehead atoms. The smallest absolute Gasteiger partial charge is 0.309 e. The van der Waals surface area contributed by atoms with Gasteiger partial charge in [-0.05, 0) is 31.4 Å². The summed E-state index contributed by atoms with van der Waals surface area (Å²) in [6, 6.07) is 6.05. The first-order valence-electron chi connectivity index (χ1n) is 6.52. The molecule has 0 radical (unpaired) electrons. The van der Waals surface area contributed by atoms with Crippen molar-refractivity contribution in [3.05, 3.63) is 29.6 Å². The molecule has 19 heavy (non-hydrogen) atoms. The van der Waals surface area contributed by atoms with Crippen LogP contribution in [0.5, 0.6) is 0 Å². The summed E-state index contributed by atoms with van der Waals surface area (Å²) in [6.07, 6.45) is 0.397. The first kappa shape index (κ1) is 13.6. The van der Waals surface area contributed by atoms with E-state index in [2.05, 4.69) is 29.9 Å². The van der Waals surface area contributed by atoms with Crippen LogP contribution >= 0.6 is 0 Å². The molecule has 102 valence electrons. The van der Waals surface area contributed by atoms with Gasteiger partial charge >= 0.3 is 5.97 Å². The van der Waals surface area contributed by atoms with Crippen molar-refractivity contribution in [3.8, 4) is 0 Å². The molecular weight excluding hydrogens is 240 g/mol. The monoisotopic (exact) mass is 260 g/mol. The molecule has 0 atom stereocenters.